The largest absolute Gasteiger partial charge is 0.341 e. The molecule has 1 fully saturated rings. The van der Waals surface area contributed by atoms with Crippen molar-refractivity contribution in [2.75, 3.05) is 22.7 Å². The highest BCUT2D eigenvalue weighted by Crippen LogP contribution is 2.25. The van der Waals surface area contributed by atoms with Gasteiger partial charge in [0.25, 0.3) is 10.0 Å². The summed E-state index contributed by atoms with van der Waals surface area (Å²) >= 11 is 0. The molecule has 0 saturated carbocycles. The molecule has 1 saturated heterocycles. The van der Waals surface area contributed by atoms with E-state index in [0.29, 0.717) is 23.4 Å². The first-order valence-electron chi connectivity index (χ1n) is 7.85. The summed E-state index contributed by atoms with van der Waals surface area (Å²) in [5, 5.41) is 0. The lowest BCUT2D eigenvalue weighted by Crippen LogP contribution is -2.22. The van der Waals surface area contributed by atoms with Crippen molar-refractivity contribution < 1.29 is 17.2 Å². The van der Waals surface area contributed by atoms with Crippen LogP contribution in [0.4, 0.5) is 20.4 Å². The van der Waals surface area contributed by atoms with Crippen LogP contribution in [-0.4, -0.2) is 31.5 Å². The van der Waals surface area contributed by atoms with Gasteiger partial charge < -0.3 is 4.90 Å². The molecule has 1 aromatic carbocycles. The Kier molecular flexibility index (Phi) is 4.59. The van der Waals surface area contributed by atoms with Crippen LogP contribution < -0.4 is 9.62 Å². The van der Waals surface area contributed by atoms with E-state index in [9.17, 15) is 17.2 Å². The maximum absolute atomic E-state index is 13.3. The van der Waals surface area contributed by atoms with Gasteiger partial charge in [-0.25, -0.2) is 27.2 Å². The van der Waals surface area contributed by atoms with Crippen LogP contribution in [0, 0.1) is 25.5 Å². The van der Waals surface area contributed by atoms with Gasteiger partial charge in [-0.2, -0.15) is 0 Å². The first kappa shape index (κ1) is 17.5. The van der Waals surface area contributed by atoms with Crippen molar-refractivity contribution in [3.05, 3.63) is 41.2 Å². The molecule has 0 amide bonds. The highest BCUT2D eigenvalue weighted by molar-refractivity contribution is 7.92. The number of halogens is 2. The molecular formula is C16H18F2N4O2S. The second-order valence-corrected chi connectivity index (χ2v) is 7.66. The molecule has 25 heavy (non-hydrogen) atoms. The third kappa shape index (κ3) is 3.71. The second kappa shape index (κ2) is 6.55. The molecule has 1 aliphatic heterocycles. The fourth-order valence-corrected chi connectivity index (χ4v) is 4.00. The zero-order chi connectivity index (χ0) is 18.2. The monoisotopic (exact) mass is 368 g/mol. The molecule has 9 heteroatoms. The van der Waals surface area contributed by atoms with Crippen molar-refractivity contribution in [3.63, 3.8) is 0 Å². The van der Waals surface area contributed by atoms with E-state index >= 15 is 0 Å². The predicted molar refractivity (Wildman–Crippen MR) is 90.1 cm³/mol. The van der Waals surface area contributed by atoms with Crippen LogP contribution in [0.15, 0.2) is 23.1 Å². The third-order valence-corrected chi connectivity index (χ3v) is 5.36. The SMILES string of the molecule is Cc1nc(N2CCCC2)nc(C)c1NS(=O)(=O)c1cc(F)cc(F)c1. The number of benzene rings is 1. The first-order valence-corrected chi connectivity index (χ1v) is 9.34. The van der Waals surface area contributed by atoms with Crippen LogP contribution in [-0.2, 0) is 10.0 Å². The van der Waals surface area contributed by atoms with Gasteiger partial charge in [-0.05, 0) is 38.8 Å². The fourth-order valence-electron chi connectivity index (χ4n) is 2.78. The Labute approximate surface area is 145 Å². The highest BCUT2D eigenvalue weighted by Gasteiger charge is 2.22. The van der Waals surface area contributed by atoms with Gasteiger partial charge in [0.15, 0.2) is 0 Å². The summed E-state index contributed by atoms with van der Waals surface area (Å²) in [6.07, 6.45) is 2.14. The molecule has 0 radical (unpaired) electrons. The lowest BCUT2D eigenvalue weighted by atomic mass is 10.3. The van der Waals surface area contributed by atoms with Crippen LogP contribution in [0.1, 0.15) is 24.2 Å². The van der Waals surface area contributed by atoms with Crippen LogP contribution >= 0.6 is 0 Å². The van der Waals surface area contributed by atoms with E-state index in [2.05, 4.69) is 14.7 Å². The van der Waals surface area contributed by atoms with Crippen LogP contribution in [0.25, 0.3) is 0 Å². The van der Waals surface area contributed by atoms with Crippen LogP contribution in [0.5, 0.6) is 0 Å². The standard InChI is InChI=1S/C16H18F2N4O2S/c1-10-15(11(2)20-16(19-10)22-5-3-4-6-22)21-25(23,24)14-8-12(17)7-13(18)9-14/h7-9,21H,3-6H2,1-2H3. The Morgan fingerprint density at radius 1 is 1.00 bits per heavy atom. The number of nitrogens with zero attached hydrogens (tertiary/aromatic N) is 3. The van der Waals surface area contributed by atoms with Crippen molar-refractivity contribution in [3.8, 4) is 0 Å². The van der Waals surface area contributed by atoms with Crippen LogP contribution in [0.3, 0.4) is 0 Å². The number of hydrogen-bond donors (Lipinski definition) is 1. The zero-order valence-corrected chi connectivity index (χ0v) is 14.7. The molecule has 6 nitrogen and oxygen atoms in total. The van der Waals surface area contributed by atoms with E-state index in [1.807, 2.05) is 4.90 Å². The summed E-state index contributed by atoms with van der Waals surface area (Å²) in [6, 6.07) is 2.13. The molecule has 0 unspecified atom stereocenters. The fraction of sp³-hybridized carbons (Fsp3) is 0.375. The highest BCUT2D eigenvalue weighted by atomic mass is 32.2. The van der Waals surface area contributed by atoms with Gasteiger partial charge in [-0.1, -0.05) is 0 Å². The first-order chi connectivity index (χ1) is 11.8. The van der Waals surface area contributed by atoms with Crippen molar-refractivity contribution in [2.45, 2.75) is 31.6 Å². The lowest BCUT2D eigenvalue weighted by molar-refractivity contribution is 0.568. The van der Waals surface area contributed by atoms with Crippen molar-refractivity contribution in [2.24, 2.45) is 0 Å². The number of hydrogen-bond acceptors (Lipinski definition) is 5. The maximum Gasteiger partial charge on any atom is 0.262 e. The van der Waals surface area contributed by atoms with Gasteiger partial charge in [-0.15, -0.1) is 0 Å². The molecular weight excluding hydrogens is 350 g/mol. The van der Waals surface area contributed by atoms with E-state index in [1.165, 1.54) is 0 Å². The Morgan fingerprint density at radius 3 is 2.04 bits per heavy atom. The Balaban J connectivity index is 1.94. The van der Waals surface area contributed by atoms with Crippen molar-refractivity contribution in [1.29, 1.82) is 0 Å². The molecule has 0 atom stereocenters. The number of nitrogens with one attached hydrogen (secondary N) is 1. The van der Waals surface area contributed by atoms with Crippen LogP contribution in [0.2, 0.25) is 0 Å². The summed E-state index contributed by atoms with van der Waals surface area (Å²) in [4.78, 5) is 10.3. The topological polar surface area (TPSA) is 75.2 Å². The summed E-state index contributed by atoms with van der Waals surface area (Å²) < 4.78 is 53.9. The number of sulfonamides is 1. The van der Waals surface area contributed by atoms with E-state index in [1.54, 1.807) is 13.8 Å². The van der Waals surface area contributed by atoms with Crippen molar-refractivity contribution in [1.82, 2.24) is 9.97 Å². The average Bonchev–Trinajstić information content (AvgIpc) is 3.04. The van der Waals surface area contributed by atoms with E-state index in [4.69, 9.17) is 0 Å². The number of aromatic nitrogens is 2. The normalized spacial score (nSPS) is 14.8. The van der Waals surface area contributed by atoms with Gasteiger partial charge in [0, 0.05) is 19.2 Å². The number of anilines is 2. The number of rotatable bonds is 4. The zero-order valence-electron chi connectivity index (χ0n) is 13.9. The summed E-state index contributed by atoms with van der Waals surface area (Å²) in [6.45, 7) is 5.07. The summed E-state index contributed by atoms with van der Waals surface area (Å²) in [5.74, 6) is -1.36. The van der Waals surface area contributed by atoms with Gasteiger partial charge in [0.2, 0.25) is 5.95 Å². The van der Waals surface area contributed by atoms with E-state index in [-0.39, 0.29) is 5.69 Å². The van der Waals surface area contributed by atoms with E-state index in [0.717, 1.165) is 38.1 Å². The molecule has 1 N–H and O–H groups in total. The molecule has 2 aromatic rings. The van der Waals surface area contributed by atoms with Gasteiger partial charge >= 0.3 is 0 Å². The molecule has 2 heterocycles. The Hall–Kier alpha value is -2.29. The molecule has 134 valence electrons. The van der Waals surface area contributed by atoms with Gasteiger partial charge in [-0.3, -0.25) is 4.72 Å². The lowest BCUT2D eigenvalue weighted by Gasteiger charge is -2.19. The molecule has 1 aromatic heterocycles. The average molecular weight is 368 g/mol. The Morgan fingerprint density at radius 2 is 1.52 bits per heavy atom. The molecule has 0 aliphatic carbocycles. The minimum Gasteiger partial charge on any atom is -0.341 e. The minimum absolute atomic E-state index is 0.215. The maximum atomic E-state index is 13.3. The molecule has 0 spiro atoms. The molecule has 3 rings (SSSR count). The quantitative estimate of drug-likeness (QED) is 0.898. The van der Waals surface area contributed by atoms with Gasteiger partial charge in [0.05, 0.1) is 22.0 Å². The van der Waals surface area contributed by atoms with E-state index < -0.39 is 26.6 Å². The Bertz CT molecular complexity index is 869. The smallest absolute Gasteiger partial charge is 0.262 e. The molecule has 1 aliphatic rings. The molecule has 0 bridgehead atoms. The summed E-state index contributed by atoms with van der Waals surface area (Å²) in [7, 11) is -4.16. The third-order valence-electron chi connectivity index (χ3n) is 4.03. The number of aryl methyl sites for hydroxylation is 2. The van der Waals surface area contributed by atoms with Gasteiger partial charge in [0.1, 0.15) is 11.6 Å². The predicted octanol–water partition coefficient (Wildman–Crippen LogP) is 2.77. The van der Waals surface area contributed by atoms with Crippen molar-refractivity contribution >= 4 is 21.7 Å². The minimum atomic E-state index is -4.16. The second-order valence-electron chi connectivity index (χ2n) is 5.97. The summed E-state index contributed by atoms with van der Waals surface area (Å²) in [5.41, 5.74) is 1.12.